The molecule has 2 N–H and O–H groups in total. The maximum absolute atomic E-state index is 10.8. The molecule has 15 heavy (non-hydrogen) atoms. The van der Waals surface area contributed by atoms with Crippen molar-refractivity contribution in [2.75, 3.05) is 12.3 Å². The molecule has 0 bridgehead atoms. The lowest BCUT2D eigenvalue weighted by molar-refractivity contribution is -0.118. The summed E-state index contributed by atoms with van der Waals surface area (Å²) in [5.74, 6) is 0.534. The van der Waals surface area contributed by atoms with E-state index < -0.39 is 0 Å². The molecule has 1 amide bonds. The highest BCUT2D eigenvalue weighted by atomic mass is 16.1. The topological polar surface area (TPSA) is 59.2 Å². The number of carbonyl (C=O) groups is 1. The molecule has 0 unspecified atom stereocenters. The lowest BCUT2D eigenvalue weighted by Gasteiger charge is -2.21. The Bertz CT molecular complexity index is 378. The molecule has 1 aromatic heterocycles. The van der Waals surface area contributed by atoms with Crippen LogP contribution in [0.25, 0.3) is 0 Å². The van der Waals surface area contributed by atoms with Gasteiger partial charge in [-0.3, -0.25) is 4.79 Å². The predicted molar refractivity (Wildman–Crippen MR) is 58.1 cm³/mol. The smallest absolute Gasteiger partial charge is 0.210 e. The van der Waals surface area contributed by atoms with Crippen LogP contribution in [0, 0.1) is 6.92 Å². The Balaban J connectivity index is 2.32. The monoisotopic (exact) mass is 205 g/mol. The van der Waals surface area contributed by atoms with E-state index in [1.807, 2.05) is 17.9 Å². The van der Waals surface area contributed by atoms with Gasteiger partial charge in [0.05, 0.1) is 6.04 Å². The molecule has 1 aliphatic rings. The summed E-state index contributed by atoms with van der Waals surface area (Å²) in [6, 6.07) is 2.05. The Morgan fingerprint density at radius 2 is 2.47 bits per heavy atom. The van der Waals surface area contributed by atoms with E-state index in [2.05, 4.69) is 4.98 Å². The van der Waals surface area contributed by atoms with E-state index in [0.29, 0.717) is 5.82 Å². The predicted octanol–water partition coefficient (Wildman–Crippen LogP) is 1.27. The fraction of sp³-hybridized carbons (Fsp3) is 0.455. The molecule has 2 heterocycles. The molecule has 0 spiro atoms. The molecule has 80 valence electrons. The van der Waals surface area contributed by atoms with Crippen molar-refractivity contribution in [1.82, 2.24) is 9.88 Å². The minimum atomic E-state index is 0.190. The van der Waals surface area contributed by atoms with Crippen molar-refractivity contribution in [3.05, 3.63) is 23.4 Å². The van der Waals surface area contributed by atoms with Gasteiger partial charge in [-0.05, 0) is 37.0 Å². The first-order chi connectivity index (χ1) is 7.22. The SMILES string of the molecule is Cc1cc(N)ncc1[C@H]1CCCN1C=O. The number of likely N-dealkylation sites (tertiary alicyclic amines) is 1. The second-order valence-corrected chi connectivity index (χ2v) is 3.97. The van der Waals surface area contributed by atoms with Crippen molar-refractivity contribution < 1.29 is 4.79 Å². The fourth-order valence-corrected chi connectivity index (χ4v) is 2.19. The second-order valence-electron chi connectivity index (χ2n) is 3.97. The fourth-order valence-electron chi connectivity index (χ4n) is 2.19. The summed E-state index contributed by atoms with van der Waals surface area (Å²) in [5.41, 5.74) is 7.83. The van der Waals surface area contributed by atoms with Gasteiger partial charge in [0.25, 0.3) is 0 Å². The highest BCUT2D eigenvalue weighted by molar-refractivity contribution is 5.50. The normalized spacial score (nSPS) is 20.6. The van der Waals surface area contributed by atoms with Crippen LogP contribution in [0.3, 0.4) is 0 Å². The van der Waals surface area contributed by atoms with Gasteiger partial charge >= 0.3 is 0 Å². The van der Waals surface area contributed by atoms with Crippen LogP contribution in [0.15, 0.2) is 12.3 Å². The third kappa shape index (κ3) is 1.79. The van der Waals surface area contributed by atoms with E-state index in [-0.39, 0.29) is 6.04 Å². The van der Waals surface area contributed by atoms with Crippen molar-refractivity contribution in [1.29, 1.82) is 0 Å². The number of nitrogens with two attached hydrogens (primary N) is 1. The van der Waals surface area contributed by atoms with Crippen LogP contribution in [0.1, 0.15) is 30.0 Å². The summed E-state index contributed by atoms with van der Waals surface area (Å²) in [4.78, 5) is 16.8. The van der Waals surface area contributed by atoms with Crippen LogP contribution in [-0.2, 0) is 4.79 Å². The van der Waals surface area contributed by atoms with Gasteiger partial charge in [-0.25, -0.2) is 4.98 Å². The molecule has 0 aliphatic carbocycles. The quantitative estimate of drug-likeness (QED) is 0.739. The van der Waals surface area contributed by atoms with E-state index in [0.717, 1.165) is 36.9 Å². The average Bonchev–Trinajstić information content (AvgIpc) is 2.65. The Morgan fingerprint density at radius 3 is 3.13 bits per heavy atom. The van der Waals surface area contributed by atoms with E-state index in [1.165, 1.54) is 0 Å². The van der Waals surface area contributed by atoms with Gasteiger partial charge in [-0.2, -0.15) is 0 Å². The molecule has 4 heteroatoms. The second kappa shape index (κ2) is 3.88. The van der Waals surface area contributed by atoms with Crippen LogP contribution in [0.2, 0.25) is 0 Å². The number of aromatic nitrogens is 1. The van der Waals surface area contributed by atoms with E-state index in [1.54, 1.807) is 6.20 Å². The summed E-state index contributed by atoms with van der Waals surface area (Å²) in [6.07, 6.45) is 4.79. The highest BCUT2D eigenvalue weighted by Crippen LogP contribution is 2.32. The number of aryl methyl sites for hydroxylation is 1. The summed E-state index contributed by atoms with van der Waals surface area (Å²) in [6.45, 7) is 2.85. The maximum atomic E-state index is 10.8. The molecule has 1 aromatic rings. The van der Waals surface area contributed by atoms with Crippen LogP contribution in [0.4, 0.5) is 5.82 Å². The number of hydrogen-bond acceptors (Lipinski definition) is 3. The van der Waals surface area contributed by atoms with Crippen molar-refractivity contribution in [3.8, 4) is 0 Å². The molecule has 0 radical (unpaired) electrons. The number of rotatable bonds is 2. The van der Waals surface area contributed by atoms with Gasteiger partial charge in [-0.1, -0.05) is 0 Å². The number of pyridine rings is 1. The zero-order chi connectivity index (χ0) is 10.8. The van der Waals surface area contributed by atoms with E-state index in [9.17, 15) is 4.79 Å². The summed E-state index contributed by atoms with van der Waals surface area (Å²) < 4.78 is 0. The molecule has 1 aliphatic heterocycles. The van der Waals surface area contributed by atoms with Crippen molar-refractivity contribution in [2.24, 2.45) is 0 Å². The Hall–Kier alpha value is -1.58. The Kier molecular flexibility index (Phi) is 2.58. The standard InChI is InChI=1S/C11H15N3O/c1-8-5-11(12)13-6-9(8)10-3-2-4-14(10)7-15/h5-7,10H,2-4H2,1H3,(H2,12,13)/t10-/m1/s1. The maximum Gasteiger partial charge on any atom is 0.210 e. The largest absolute Gasteiger partial charge is 0.384 e. The third-order valence-corrected chi connectivity index (χ3v) is 2.96. The van der Waals surface area contributed by atoms with Crippen LogP contribution in [0.5, 0.6) is 0 Å². The lowest BCUT2D eigenvalue weighted by atomic mass is 10.0. The number of nitrogen functional groups attached to an aromatic ring is 1. The van der Waals surface area contributed by atoms with E-state index in [4.69, 9.17) is 5.73 Å². The van der Waals surface area contributed by atoms with Crippen LogP contribution < -0.4 is 5.73 Å². The molecule has 0 aromatic carbocycles. The molecule has 1 saturated heterocycles. The Labute approximate surface area is 89.1 Å². The highest BCUT2D eigenvalue weighted by Gasteiger charge is 2.25. The first kappa shape index (κ1) is 9.96. The van der Waals surface area contributed by atoms with Crippen LogP contribution >= 0.6 is 0 Å². The summed E-state index contributed by atoms with van der Waals surface area (Å²) in [5, 5.41) is 0. The molecular formula is C11H15N3O. The number of anilines is 1. The lowest BCUT2D eigenvalue weighted by Crippen LogP contribution is -2.22. The first-order valence-electron chi connectivity index (χ1n) is 5.15. The molecule has 4 nitrogen and oxygen atoms in total. The van der Waals surface area contributed by atoms with Gasteiger partial charge in [0.2, 0.25) is 6.41 Å². The number of carbonyl (C=O) groups excluding carboxylic acids is 1. The summed E-state index contributed by atoms with van der Waals surface area (Å²) in [7, 11) is 0. The molecule has 1 fully saturated rings. The zero-order valence-corrected chi connectivity index (χ0v) is 8.81. The van der Waals surface area contributed by atoms with Gasteiger partial charge in [0.15, 0.2) is 0 Å². The van der Waals surface area contributed by atoms with Crippen molar-refractivity contribution in [3.63, 3.8) is 0 Å². The van der Waals surface area contributed by atoms with Gasteiger partial charge < -0.3 is 10.6 Å². The van der Waals surface area contributed by atoms with Gasteiger partial charge in [0, 0.05) is 12.7 Å². The molecule has 0 saturated carbocycles. The van der Waals surface area contributed by atoms with Gasteiger partial charge in [-0.15, -0.1) is 0 Å². The van der Waals surface area contributed by atoms with Crippen molar-refractivity contribution >= 4 is 12.2 Å². The van der Waals surface area contributed by atoms with Gasteiger partial charge in [0.1, 0.15) is 5.82 Å². The average molecular weight is 205 g/mol. The minimum Gasteiger partial charge on any atom is -0.384 e. The molecular weight excluding hydrogens is 190 g/mol. The number of hydrogen-bond donors (Lipinski definition) is 1. The first-order valence-corrected chi connectivity index (χ1v) is 5.15. The van der Waals surface area contributed by atoms with Crippen molar-refractivity contribution in [2.45, 2.75) is 25.8 Å². The van der Waals surface area contributed by atoms with E-state index >= 15 is 0 Å². The summed E-state index contributed by atoms with van der Waals surface area (Å²) >= 11 is 0. The zero-order valence-electron chi connectivity index (χ0n) is 8.81. The molecule has 1 atom stereocenters. The van der Waals surface area contributed by atoms with Crippen LogP contribution in [-0.4, -0.2) is 22.8 Å². The third-order valence-electron chi connectivity index (χ3n) is 2.96. The molecule has 2 rings (SSSR count). The Morgan fingerprint density at radius 1 is 1.67 bits per heavy atom. The number of nitrogens with zero attached hydrogens (tertiary/aromatic N) is 2. The number of amides is 1. The minimum absolute atomic E-state index is 0.190.